The van der Waals surface area contributed by atoms with Crippen molar-refractivity contribution in [1.82, 2.24) is 9.47 Å². The highest BCUT2D eigenvalue weighted by molar-refractivity contribution is 5.76. The number of pyridine rings is 1. The SMILES string of the molecule is Cc1ccc(N)c(=O)n1CC(=O)N1CCC(C)CC1. The number of rotatable bonds is 2. The molecule has 5 nitrogen and oxygen atoms in total. The molecular weight excluding hydrogens is 242 g/mol. The van der Waals surface area contributed by atoms with Crippen LogP contribution in [0.3, 0.4) is 0 Å². The number of anilines is 1. The number of piperidine rings is 1. The highest BCUT2D eigenvalue weighted by Crippen LogP contribution is 2.16. The highest BCUT2D eigenvalue weighted by atomic mass is 16.2. The summed E-state index contributed by atoms with van der Waals surface area (Å²) in [5.74, 6) is 0.684. The maximum Gasteiger partial charge on any atom is 0.274 e. The van der Waals surface area contributed by atoms with Crippen molar-refractivity contribution >= 4 is 11.6 Å². The van der Waals surface area contributed by atoms with Gasteiger partial charge in [0.15, 0.2) is 0 Å². The molecule has 0 unspecified atom stereocenters. The Hall–Kier alpha value is -1.78. The molecule has 1 aliphatic rings. The zero-order valence-corrected chi connectivity index (χ0v) is 11.6. The molecule has 5 heteroatoms. The number of aromatic nitrogens is 1. The maximum absolute atomic E-state index is 12.2. The molecule has 19 heavy (non-hydrogen) atoms. The molecule has 2 heterocycles. The standard InChI is InChI=1S/C14H21N3O2/c1-10-5-7-16(8-6-10)13(18)9-17-11(2)3-4-12(15)14(17)19/h3-4,10H,5-9,15H2,1-2H3. The average molecular weight is 263 g/mol. The van der Waals surface area contributed by atoms with E-state index in [1.54, 1.807) is 12.1 Å². The molecule has 0 radical (unpaired) electrons. The van der Waals surface area contributed by atoms with E-state index in [1.165, 1.54) is 4.57 Å². The van der Waals surface area contributed by atoms with Crippen LogP contribution >= 0.6 is 0 Å². The van der Waals surface area contributed by atoms with Crippen molar-refractivity contribution < 1.29 is 4.79 Å². The Bertz CT molecular complexity index is 528. The predicted molar refractivity (Wildman–Crippen MR) is 74.8 cm³/mol. The largest absolute Gasteiger partial charge is 0.394 e. The van der Waals surface area contributed by atoms with E-state index in [4.69, 9.17) is 5.73 Å². The number of carbonyl (C=O) groups is 1. The van der Waals surface area contributed by atoms with Gasteiger partial charge in [0.25, 0.3) is 5.56 Å². The van der Waals surface area contributed by atoms with E-state index in [2.05, 4.69) is 6.92 Å². The number of carbonyl (C=O) groups excluding carboxylic acids is 1. The molecule has 1 amide bonds. The van der Waals surface area contributed by atoms with Gasteiger partial charge in [0.1, 0.15) is 6.54 Å². The maximum atomic E-state index is 12.2. The van der Waals surface area contributed by atoms with Crippen molar-refractivity contribution in [3.8, 4) is 0 Å². The quantitative estimate of drug-likeness (QED) is 0.865. The number of aryl methyl sites for hydroxylation is 1. The summed E-state index contributed by atoms with van der Waals surface area (Å²) in [6.45, 7) is 5.68. The topological polar surface area (TPSA) is 68.3 Å². The van der Waals surface area contributed by atoms with E-state index >= 15 is 0 Å². The van der Waals surface area contributed by atoms with Crippen LogP contribution in [0.25, 0.3) is 0 Å². The van der Waals surface area contributed by atoms with E-state index in [0.717, 1.165) is 31.6 Å². The van der Waals surface area contributed by atoms with Gasteiger partial charge in [-0.1, -0.05) is 6.92 Å². The van der Waals surface area contributed by atoms with Gasteiger partial charge in [0.05, 0.1) is 5.69 Å². The molecule has 0 spiro atoms. The van der Waals surface area contributed by atoms with Crippen LogP contribution in [0, 0.1) is 12.8 Å². The molecule has 1 saturated heterocycles. The molecule has 1 aromatic heterocycles. The first-order chi connectivity index (χ1) is 8.99. The summed E-state index contributed by atoms with van der Waals surface area (Å²) in [7, 11) is 0. The second-order valence-corrected chi connectivity index (χ2v) is 5.38. The van der Waals surface area contributed by atoms with Crippen LogP contribution in [0.4, 0.5) is 5.69 Å². The second kappa shape index (κ2) is 5.47. The number of likely N-dealkylation sites (tertiary alicyclic amines) is 1. The number of nitrogen functional groups attached to an aromatic ring is 1. The third-order valence-corrected chi connectivity index (χ3v) is 3.85. The lowest BCUT2D eigenvalue weighted by molar-refractivity contribution is -0.133. The summed E-state index contributed by atoms with van der Waals surface area (Å²) >= 11 is 0. The first-order valence-corrected chi connectivity index (χ1v) is 6.72. The molecule has 0 atom stereocenters. The van der Waals surface area contributed by atoms with Crippen molar-refractivity contribution in [2.45, 2.75) is 33.2 Å². The van der Waals surface area contributed by atoms with Crippen LogP contribution in [-0.4, -0.2) is 28.5 Å². The van der Waals surface area contributed by atoms with Gasteiger partial charge in [-0.3, -0.25) is 9.59 Å². The smallest absolute Gasteiger partial charge is 0.274 e. The molecule has 2 rings (SSSR count). The third kappa shape index (κ3) is 2.97. The van der Waals surface area contributed by atoms with Crippen molar-refractivity contribution in [3.05, 3.63) is 28.2 Å². The minimum absolute atomic E-state index is 0.00250. The van der Waals surface area contributed by atoms with Crippen LogP contribution in [0.1, 0.15) is 25.5 Å². The Kier molecular flexibility index (Phi) is 3.93. The fraction of sp³-hybridized carbons (Fsp3) is 0.571. The van der Waals surface area contributed by atoms with Gasteiger partial charge in [-0.15, -0.1) is 0 Å². The molecule has 0 aliphatic carbocycles. The van der Waals surface area contributed by atoms with Crippen molar-refractivity contribution in [3.63, 3.8) is 0 Å². The van der Waals surface area contributed by atoms with Gasteiger partial charge in [0, 0.05) is 18.8 Å². The van der Waals surface area contributed by atoms with Gasteiger partial charge in [-0.05, 0) is 37.8 Å². The Labute approximate surface area is 113 Å². The molecule has 0 aromatic carbocycles. The van der Waals surface area contributed by atoms with E-state index in [1.807, 2.05) is 11.8 Å². The molecule has 1 aliphatic heterocycles. The minimum atomic E-state index is -0.279. The van der Waals surface area contributed by atoms with Crippen LogP contribution in [0.5, 0.6) is 0 Å². The second-order valence-electron chi connectivity index (χ2n) is 5.38. The molecule has 0 bridgehead atoms. The van der Waals surface area contributed by atoms with Gasteiger partial charge in [-0.25, -0.2) is 0 Å². The Morgan fingerprint density at radius 2 is 2.00 bits per heavy atom. The minimum Gasteiger partial charge on any atom is -0.394 e. The fourth-order valence-corrected chi connectivity index (χ4v) is 2.38. The van der Waals surface area contributed by atoms with Gasteiger partial charge < -0.3 is 15.2 Å². The first-order valence-electron chi connectivity index (χ1n) is 6.72. The van der Waals surface area contributed by atoms with Crippen molar-refractivity contribution in [1.29, 1.82) is 0 Å². The Morgan fingerprint density at radius 1 is 1.37 bits per heavy atom. The Morgan fingerprint density at radius 3 is 2.63 bits per heavy atom. The zero-order chi connectivity index (χ0) is 14.0. The number of nitrogens with zero attached hydrogens (tertiary/aromatic N) is 2. The third-order valence-electron chi connectivity index (χ3n) is 3.85. The zero-order valence-electron chi connectivity index (χ0n) is 11.6. The summed E-state index contributed by atoms with van der Waals surface area (Å²) in [5, 5.41) is 0. The number of nitrogens with two attached hydrogens (primary N) is 1. The summed E-state index contributed by atoms with van der Waals surface area (Å²) < 4.78 is 1.45. The van der Waals surface area contributed by atoms with Crippen LogP contribution in [0.15, 0.2) is 16.9 Å². The van der Waals surface area contributed by atoms with Crippen LogP contribution in [0.2, 0.25) is 0 Å². The summed E-state index contributed by atoms with van der Waals surface area (Å²) in [4.78, 5) is 26.0. The lowest BCUT2D eigenvalue weighted by Gasteiger charge is -2.30. The van der Waals surface area contributed by atoms with E-state index in [0.29, 0.717) is 5.92 Å². The van der Waals surface area contributed by atoms with E-state index < -0.39 is 0 Å². The summed E-state index contributed by atoms with van der Waals surface area (Å²) in [5.41, 5.74) is 6.27. The predicted octanol–water partition coefficient (Wildman–Crippen LogP) is 0.997. The first kappa shape index (κ1) is 13.6. The van der Waals surface area contributed by atoms with Crippen molar-refractivity contribution in [2.75, 3.05) is 18.8 Å². The molecule has 1 aromatic rings. The summed E-state index contributed by atoms with van der Waals surface area (Å²) in [6, 6.07) is 3.35. The lowest BCUT2D eigenvalue weighted by Crippen LogP contribution is -2.41. The van der Waals surface area contributed by atoms with Crippen LogP contribution in [-0.2, 0) is 11.3 Å². The number of hydrogen-bond acceptors (Lipinski definition) is 3. The normalized spacial score (nSPS) is 16.6. The lowest BCUT2D eigenvalue weighted by atomic mass is 9.99. The molecule has 0 saturated carbocycles. The monoisotopic (exact) mass is 263 g/mol. The van der Waals surface area contributed by atoms with E-state index in [9.17, 15) is 9.59 Å². The highest BCUT2D eigenvalue weighted by Gasteiger charge is 2.21. The van der Waals surface area contributed by atoms with Gasteiger partial charge in [0.2, 0.25) is 5.91 Å². The number of hydrogen-bond donors (Lipinski definition) is 1. The fourth-order valence-electron chi connectivity index (χ4n) is 2.38. The van der Waals surface area contributed by atoms with Crippen molar-refractivity contribution in [2.24, 2.45) is 5.92 Å². The van der Waals surface area contributed by atoms with Gasteiger partial charge in [-0.2, -0.15) is 0 Å². The molecular formula is C14H21N3O2. The van der Waals surface area contributed by atoms with E-state index in [-0.39, 0.29) is 23.7 Å². The Balaban J connectivity index is 2.11. The van der Waals surface area contributed by atoms with Gasteiger partial charge >= 0.3 is 0 Å². The molecule has 1 fully saturated rings. The molecule has 2 N–H and O–H groups in total. The molecule has 104 valence electrons. The average Bonchev–Trinajstić information content (AvgIpc) is 2.40. The summed E-state index contributed by atoms with van der Waals surface area (Å²) in [6.07, 6.45) is 2.08. The van der Waals surface area contributed by atoms with Crippen LogP contribution < -0.4 is 11.3 Å². The number of amides is 1.